The zero-order valence-electron chi connectivity index (χ0n) is 5.61. The smallest absolute Gasteiger partial charge is 0.292 e. The number of nitrogens with one attached hydrogen (secondary N) is 1. The van der Waals surface area contributed by atoms with Crippen LogP contribution >= 0.6 is 0 Å². The molecule has 2 aromatic rings. The standard InChI is InChI=1S/C6H6N4O/c7-6-8-3-5(11-6)4-1-2-9-10-4/h1-3H,(H2,7,8)(H,9,10). The largest absolute Gasteiger partial charge is 0.422 e. The van der Waals surface area contributed by atoms with Crippen molar-refractivity contribution in [1.29, 1.82) is 0 Å². The molecule has 0 bridgehead atoms. The average molecular weight is 150 g/mol. The number of aromatic nitrogens is 3. The second-order valence-electron chi connectivity index (χ2n) is 2.03. The fraction of sp³-hybridized carbons (Fsp3) is 0. The summed E-state index contributed by atoms with van der Waals surface area (Å²) in [6.45, 7) is 0. The van der Waals surface area contributed by atoms with Crippen molar-refractivity contribution in [2.24, 2.45) is 0 Å². The molecule has 3 N–H and O–H groups in total. The van der Waals surface area contributed by atoms with Crippen LogP contribution in [0.5, 0.6) is 0 Å². The zero-order chi connectivity index (χ0) is 7.68. The van der Waals surface area contributed by atoms with Crippen LogP contribution in [0.3, 0.4) is 0 Å². The van der Waals surface area contributed by atoms with E-state index in [9.17, 15) is 0 Å². The van der Waals surface area contributed by atoms with E-state index in [0.717, 1.165) is 5.69 Å². The van der Waals surface area contributed by atoms with Gasteiger partial charge in [-0.2, -0.15) is 5.10 Å². The Balaban J connectivity index is 2.45. The fourth-order valence-electron chi connectivity index (χ4n) is 0.805. The molecule has 2 rings (SSSR count). The van der Waals surface area contributed by atoms with Crippen LogP contribution in [0.4, 0.5) is 6.01 Å². The van der Waals surface area contributed by atoms with Crippen LogP contribution in [0.1, 0.15) is 0 Å². The number of H-pyrrole nitrogens is 1. The Kier molecular flexibility index (Phi) is 1.15. The molecule has 0 spiro atoms. The highest BCUT2D eigenvalue weighted by atomic mass is 16.4. The molecule has 0 fully saturated rings. The molecule has 0 aliphatic carbocycles. The van der Waals surface area contributed by atoms with Gasteiger partial charge in [-0.05, 0) is 6.07 Å². The molecule has 0 atom stereocenters. The lowest BCUT2D eigenvalue weighted by Gasteiger charge is -1.85. The number of oxazole rings is 1. The molecule has 0 aromatic carbocycles. The van der Waals surface area contributed by atoms with Crippen molar-refractivity contribution in [3.8, 4) is 11.5 Å². The van der Waals surface area contributed by atoms with Gasteiger partial charge in [0.2, 0.25) is 0 Å². The summed E-state index contributed by atoms with van der Waals surface area (Å²) in [4.78, 5) is 3.74. The van der Waals surface area contributed by atoms with Gasteiger partial charge in [0.05, 0.1) is 6.20 Å². The SMILES string of the molecule is Nc1ncc(-c2ccn[nH]2)o1. The van der Waals surface area contributed by atoms with E-state index in [-0.39, 0.29) is 6.01 Å². The maximum absolute atomic E-state index is 5.27. The van der Waals surface area contributed by atoms with Crippen molar-refractivity contribution in [3.63, 3.8) is 0 Å². The van der Waals surface area contributed by atoms with Crippen molar-refractivity contribution in [2.45, 2.75) is 0 Å². The van der Waals surface area contributed by atoms with Gasteiger partial charge in [-0.1, -0.05) is 0 Å². The third-order valence-corrected chi connectivity index (χ3v) is 1.29. The molecule has 0 radical (unpaired) electrons. The highest BCUT2D eigenvalue weighted by Crippen LogP contribution is 2.17. The number of aromatic amines is 1. The summed E-state index contributed by atoms with van der Waals surface area (Å²) in [5.41, 5.74) is 6.05. The predicted octanol–water partition coefficient (Wildman–Crippen LogP) is 0.647. The molecule has 0 aliphatic heterocycles. The second kappa shape index (κ2) is 2.12. The monoisotopic (exact) mass is 150 g/mol. The first-order valence-electron chi connectivity index (χ1n) is 3.07. The van der Waals surface area contributed by atoms with Gasteiger partial charge in [-0.15, -0.1) is 0 Å². The minimum Gasteiger partial charge on any atom is -0.422 e. The first-order valence-corrected chi connectivity index (χ1v) is 3.07. The van der Waals surface area contributed by atoms with Crippen molar-refractivity contribution in [2.75, 3.05) is 5.73 Å². The molecule has 0 unspecified atom stereocenters. The van der Waals surface area contributed by atoms with Gasteiger partial charge in [0.1, 0.15) is 5.69 Å². The summed E-state index contributed by atoms with van der Waals surface area (Å²) in [6, 6.07) is 1.94. The van der Waals surface area contributed by atoms with Gasteiger partial charge >= 0.3 is 0 Å². The minimum absolute atomic E-state index is 0.162. The fourth-order valence-corrected chi connectivity index (χ4v) is 0.805. The van der Waals surface area contributed by atoms with E-state index >= 15 is 0 Å². The number of nitrogens with two attached hydrogens (primary N) is 1. The summed E-state index contributed by atoms with van der Waals surface area (Å²) >= 11 is 0. The molecule has 5 heteroatoms. The first kappa shape index (κ1) is 5.96. The lowest BCUT2D eigenvalue weighted by molar-refractivity contribution is 0.592. The van der Waals surface area contributed by atoms with Crippen molar-refractivity contribution >= 4 is 6.01 Å². The van der Waals surface area contributed by atoms with Crippen LogP contribution < -0.4 is 5.73 Å². The minimum atomic E-state index is 0.162. The molecule has 0 saturated carbocycles. The molecule has 5 nitrogen and oxygen atoms in total. The summed E-state index contributed by atoms with van der Waals surface area (Å²) in [5, 5.41) is 6.48. The summed E-state index contributed by atoms with van der Waals surface area (Å²) in [6.07, 6.45) is 3.18. The number of hydrogen-bond donors (Lipinski definition) is 2. The van der Waals surface area contributed by atoms with E-state index in [0.29, 0.717) is 5.76 Å². The number of nitrogens with zero attached hydrogens (tertiary/aromatic N) is 2. The Morgan fingerprint density at radius 1 is 1.55 bits per heavy atom. The Morgan fingerprint density at radius 3 is 3.00 bits per heavy atom. The normalized spacial score (nSPS) is 10.2. The van der Waals surface area contributed by atoms with Gasteiger partial charge in [-0.25, -0.2) is 4.98 Å². The van der Waals surface area contributed by atoms with Gasteiger partial charge in [-0.3, -0.25) is 5.10 Å². The van der Waals surface area contributed by atoms with E-state index in [1.807, 2.05) is 0 Å². The number of nitrogen functional groups attached to an aromatic ring is 1. The van der Waals surface area contributed by atoms with Crippen LogP contribution in [0.25, 0.3) is 11.5 Å². The molecule has 0 saturated heterocycles. The van der Waals surface area contributed by atoms with Crippen molar-refractivity contribution < 1.29 is 4.42 Å². The first-order chi connectivity index (χ1) is 5.36. The highest BCUT2D eigenvalue weighted by molar-refractivity contribution is 5.50. The Labute approximate surface area is 62.2 Å². The van der Waals surface area contributed by atoms with Crippen LogP contribution in [0.15, 0.2) is 22.9 Å². The Morgan fingerprint density at radius 2 is 2.45 bits per heavy atom. The van der Waals surface area contributed by atoms with Gasteiger partial charge in [0, 0.05) is 6.20 Å². The second-order valence-corrected chi connectivity index (χ2v) is 2.03. The Bertz CT molecular complexity index is 337. The van der Waals surface area contributed by atoms with E-state index in [1.165, 1.54) is 0 Å². The molecular weight excluding hydrogens is 144 g/mol. The van der Waals surface area contributed by atoms with Crippen molar-refractivity contribution in [3.05, 3.63) is 18.5 Å². The molecule has 11 heavy (non-hydrogen) atoms. The molecule has 0 amide bonds. The van der Waals surface area contributed by atoms with E-state index in [4.69, 9.17) is 10.2 Å². The number of anilines is 1. The third-order valence-electron chi connectivity index (χ3n) is 1.29. The van der Waals surface area contributed by atoms with Gasteiger partial charge in [0.15, 0.2) is 5.76 Å². The van der Waals surface area contributed by atoms with Crippen molar-refractivity contribution in [1.82, 2.24) is 15.2 Å². The van der Waals surface area contributed by atoms with Gasteiger partial charge < -0.3 is 10.2 Å². The van der Waals surface area contributed by atoms with Gasteiger partial charge in [0.25, 0.3) is 6.01 Å². The maximum atomic E-state index is 5.27. The Hall–Kier alpha value is -1.78. The molecule has 56 valence electrons. The zero-order valence-corrected chi connectivity index (χ0v) is 5.61. The van der Waals surface area contributed by atoms with E-state index in [2.05, 4.69) is 15.2 Å². The van der Waals surface area contributed by atoms with Crippen LogP contribution in [-0.4, -0.2) is 15.2 Å². The quantitative estimate of drug-likeness (QED) is 0.625. The molecule has 2 heterocycles. The molecule has 2 aromatic heterocycles. The van der Waals surface area contributed by atoms with Crippen LogP contribution in [0.2, 0.25) is 0 Å². The van der Waals surface area contributed by atoms with Crippen LogP contribution in [-0.2, 0) is 0 Å². The highest BCUT2D eigenvalue weighted by Gasteiger charge is 2.03. The number of hydrogen-bond acceptors (Lipinski definition) is 4. The number of rotatable bonds is 1. The third kappa shape index (κ3) is 0.958. The van der Waals surface area contributed by atoms with E-state index in [1.54, 1.807) is 18.5 Å². The predicted molar refractivity (Wildman–Crippen MR) is 38.5 cm³/mol. The van der Waals surface area contributed by atoms with E-state index < -0.39 is 0 Å². The lowest BCUT2D eigenvalue weighted by atomic mass is 10.4. The lowest BCUT2D eigenvalue weighted by Crippen LogP contribution is -1.80. The summed E-state index contributed by atoms with van der Waals surface area (Å²) < 4.78 is 5.02. The average Bonchev–Trinajstić information content (AvgIpc) is 2.55. The van der Waals surface area contributed by atoms with Crippen LogP contribution in [0, 0.1) is 0 Å². The summed E-state index contributed by atoms with van der Waals surface area (Å²) in [5.74, 6) is 0.597. The molecule has 0 aliphatic rings. The molecular formula is C6H6N4O. The topological polar surface area (TPSA) is 80.7 Å². The summed E-state index contributed by atoms with van der Waals surface area (Å²) in [7, 11) is 0. The maximum Gasteiger partial charge on any atom is 0.292 e.